The number of amides is 1. The molecule has 1 unspecified atom stereocenters. The Bertz CT molecular complexity index is 1020. The van der Waals surface area contributed by atoms with Crippen molar-refractivity contribution in [2.75, 3.05) is 7.11 Å². The van der Waals surface area contributed by atoms with Crippen LogP contribution in [0.2, 0.25) is 0 Å². The summed E-state index contributed by atoms with van der Waals surface area (Å²) in [5.74, 6) is -0.161. The summed E-state index contributed by atoms with van der Waals surface area (Å²) in [6, 6.07) is 7.12. The van der Waals surface area contributed by atoms with Gasteiger partial charge in [-0.2, -0.15) is 0 Å². The van der Waals surface area contributed by atoms with Gasteiger partial charge in [-0.3, -0.25) is 4.79 Å². The van der Waals surface area contributed by atoms with Gasteiger partial charge in [-0.15, -0.1) is 0 Å². The molecule has 0 saturated heterocycles. The van der Waals surface area contributed by atoms with Crippen LogP contribution in [0.3, 0.4) is 0 Å². The number of aromatic nitrogens is 1. The van der Waals surface area contributed by atoms with E-state index in [-0.39, 0.29) is 34.6 Å². The molecule has 1 fully saturated rings. The molecule has 1 amide bonds. The third-order valence-corrected chi connectivity index (χ3v) is 7.14. The fraction of sp³-hybridized carbons (Fsp3) is 0.455. The molecule has 2 aromatic rings. The van der Waals surface area contributed by atoms with Crippen molar-refractivity contribution in [1.29, 1.82) is 0 Å². The molecule has 2 N–H and O–H groups in total. The number of hydrogen-bond donors (Lipinski definition) is 2. The van der Waals surface area contributed by atoms with E-state index in [0.717, 1.165) is 5.56 Å². The van der Waals surface area contributed by atoms with E-state index in [1.54, 1.807) is 19.1 Å². The lowest BCUT2D eigenvalue weighted by atomic mass is 9.85. The highest BCUT2D eigenvalue weighted by Crippen LogP contribution is 2.27. The molecule has 1 atom stereocenters. The van der Waals surface area contributed by atoms with Crippen molar-refractivity contribution in [3.05, 3.63) is 53.5 Å². The Morgan fingerprint density at radius 1 is 1.19 bits per heavy atom. The fourth-order valence-corrected chi connectivity index (χ4v) is 5.16. The number of hydrogen-bond acceptors (Lipinski definition) is 5. The summed E-state index contributed by atoms with van der Waals surface area (Å²) >= 11 is 0. The Morgan fingerprint density at radius 2 is 1.84 bits per heavy atom. The Balaban J connectivity index is 1.53. The molecule has 7 nitrogen and oxygen atoms in total. The van der Waals surface area contributed by atoms with Gasteiger partial charge in [-0.1, -0.05) is 12.1 Å². The summed E-state index contributed by atoms with van der Waals surface area (Å²) in [6.07, 6.45) is 3.61. The summed E-state index contributed by atoms with van der Waals surface area (Å²) in [5.41, 5.74) is 1.47. The Morgan fingerprint density at radius 3 is 2.42 bits per heavy atom. The molecular weight excluding hydrogens is 421 g/mol. The number of ether oxygens (including phenoxy) is 1. The Labute approximate surface area is 182 Å². The van der Waals surface area contributed by atoms with E-state index in [1.165, 1.54) is 31.5 Å². The van der Waals surface area contributed by atoms with Crippen molar-refractivity contribution in [2.45, 2.75) is 56.5 Å². The lowest BCUT2D eigenvalue weighted by Gasteiger charge is -2.29. The van der Waals surface area contributed by atoms with Crippen molar-refractivity contribution in [3.63, 3.8) is 0 Å². The van der Waals surface area contributed by atoms with Gasteiger partial charge < -0.3 is 10.1 Å². The third kappa shape index (κ3) is 5.80. The van der Waals surface area contributed by atoms with E-state index >= 15 is 0 Å². The van der Waals surface area contributed by atoms with E-state index < -0.39 is 10.0 Å². The quantitative estimate of drug-likeness (QED) is 0.676. The van der Waals surface area contributed by atoms with Gasteiger partial charge in [0.05, 0.1) is 19.3 Å². The van der Waals surface area contributed by atoms with Crippen LogP contribution in [0.15, 0.2) is 41.4 Å². The molecule has 31 heavy (non-hydrogen) atoms. The number of carbonyl (C=O) groups is 1. The highest BCUT2D eigenvalue weighted by atomic mass is 32.2. The van der Waals surface area contributed by atoms with Crippen LogP contribution < -0.4 is 14.8 Å². The standard InChI is InChI=1S/C22H28FN3O4S/c1-14-12-20(13-24-22(14)30-3)31(28,29)26-19-10-6-17(7-11-19)21(27)25-15(2)16-4-8-18(23)9-5-16/h4-5,8-9,12-13,15,17,19,26H,6-7,10-11H2,1-3H3,(H,25,27). The van der Waals surface area contributed by atoms with Crippen LogP contribution in [0.4, 0.5) is 4.39 Å². The van der Waals surface area contributed by atoms with Gasteiger partial charge in [0.15, 0.2) is 0 Å². The fourth-order valence-electron chi connectivity index (χ4n) is 3.82. The number of sulfonamides is 1. The van der Waals surface area contributed by atoms with E-state index in [9.17, 15) is 17.6 Å². The normalized spacial score (nSPS) is 20.1. The Kier molecular flexibility index (Phi) is 7.27. The second-order valence-corrected chi connectivity index (χ2v) is 9.66. The molecule has 1 heterocycles. The highest BCUT2D eigenvalue weighted by Gasteiger charge is 2.30. The van der Waals surface area contributed by atoms with Crippen LogP contribution in [0.5, 0.6) is 5.88 Å². The first-order chi connectivity index (χ1) is 14.7. The lowest BCUT2D eigenvalue weighted by Crippen LogP contribution is -2.41. The number of nitrogens with zero attached hydrogens (tertiary/aromatic N) is 1. The SMILES string of the molecule is COc1ncc(S(=O)(=O)NC2CCC(C(=O)NC(C)c3ccc(F)cc3)CC2)cc1C. The van der Waals surface area contributed by atoms with Crippen LogP contribution >= 0.6 is 0 Å². The average molecular weight is 450 g/mol. The van der Waals surface area contributed by atoms with Crippen molar-refractivity contribution in [3.8, 4) is 5.88 Å². The number of pyridine rings is 1. The monoisotopic (exact) mass is 449 g/mol. The van der Waals surface area contributed by atoms with Crippen LogP contribution in [-0.4, -0.2) is 32.5 Å². The zero-order valence-electron chi connectivity index (χ0n) is 17.9. The smallest absolute Gasteiger partial charge is 0.242 e. The van der Waals surface area contributed by atoms with E-state index in [0.29, 0.717) is 37.1 Å². The summed E-state index contributed by atoms with van der Waals surface area (Å²) in [6.45, 7) is 3.59. The first-order valence-corrected chi connectivity index (χ1v) is 11.8. The van der Waals surface area contributed by atoms with Gasteiger partial charge in [0.25, 0.3) is 0 Å². The van der Waals surface area contributed by atoms with Crippen molar-refractivity contribution < 1.29 is 22.3 Å². The first-order valence-electron chi connectivity index (χ1n) is 10.3. The third-order valence-electron chi connectivity index (χ3n) is 5.66. The van der Waals surface area contributed by atoms with Gasteiger partial charge in [0.2, 0.25) is 21.8 Å². The number of aryl methyl sites for hydroxylation is 1. The number of carbonyl (C=O) groups excluding carboxylic acids is 1. The minimum atomic E-state index is -3.70. The average Bonchev–Trinajstić information content (AvgIpc) is 2.74. The number of rotatable bonds is 7. The van der Waals surface area contributed by atoms with Crippen LogP contribution in [0, 0.1) is 18.7 Å². The largest absolute Gasteiger partial charge is 0.481 e. The summed E-state index contributed by atoms with van der Waals surface area (Å²) in [7, 11) is -2.22. The van der Waals surface area contributed by atoms with Gasteiger partial charge in [-0.25, -0.2) is 22.5 Å². The highest BCUT2D eigenvalue weighted by molar-refractivity contribution is 7.89. The molecule has 1 aromatic carbocycles. The molecule has 0 bridgehead atoms. The minimum Gasteiger partial charge on any atom is -0.481 e. The van der Waals surface area contributed by atoms with Crippen LogP contribution in [0.1, 0.15) is 49.8 Å². The molecule has 3 rings (SSSR count). The molecule has 1 saturated carbocycles. The van der Waals surface area contributed by atoms with E-state index in [1.807, 2.05) is 6.92 Å². The van der Waals surface area contributed by atoms with E-state index in [2.05, 4.69) is 15.0 Å². The summed E-state index contributed by atoms with van der Waals surface area (Å²) < 4.78 is 46.3. The molecule has 168 valence electrons. The molecule has 1 aliphatic carbocycles. The van der Waals surface area contributed by atoms with Crippen LogP contribution in [-0.2, 0) is 14.8 Å². The van der Waals surface area contributed by atoms with Crippen LogP contribution in [0.25, 0.3) is 0 Å². The second-order valence-electron chi connectivity index (χ2n) is 7.95. The maximum Gasteiger partial charge on any atom is 0.242 e. The van der Waals surface area contributed by atoms with Gasteiger partial charge in [0.1, 0.15) is 10.7 Å². The number of benzene rings is 1. The maximum absolute atomic E-state index is 13.1. The molecule has 0 radical (unpaired) electrons. The second kappa shape index (κ2) is 9.74. The lowest BCUT2D eigenvalue weighted by molar-refractivity contribution is -0.126. The molecule has 0 spiro atoms. The molecule has 0 aliphatic heterocycles. The number of nitrogens with one attached hydrogen (secondary N) is 2. The van der Waals surface area contributed by atoms with Gasteiger partial charge in [-0.05, 0) is 63.3 Å². The zero-order valence-corrected chi connectivity index (χ0v) is 18.7. The topological polar surface area (TPSA) is 97.4 Å². The predicted molar refractivity (Wildman–Crippen MR) is 115 cm³/mol. The van der Waals surface area contributed by atoms with Crippen molar-refractivity contribution >= 4 is 15.9 Å². The molecule has 1 aromatic heterocycles. The summed E-state index contributed by atoms with van der Waals surface area (Å²) in [5, 5.41) is 2.97. The first kappa shape index (κ1) is 23.1. The maximum atomic E-state index is 13.1. The minimum absolute atomic E-state index is 0.0619. The predicted octanol–water partition coefficient (Wildman–Crippen LogP) is 3.25. The van der Waals surface area contributed by atoms with E-state index in [4.69, 9.17) is 4.74 Å². The van der Waals surface area contributed by atoms with Gasteiger partial charge in [0, 0.05) is 17.5 Å². The molecule has 1 aliphatic rings. The number of methoxy groups -OCH3 is 1. The molecular formula is C22H28FN3O4S. The Hall–Kier alpha value is -2.52. The van der Waals surface area contributed by atoms with Crippen molar-refractivity contribution in [1.82, 2.24) is 15.0 Å². The number of halogens is 1. The van der Waals surface area contributed by atoms with Crippen molar-refractivity contribution in [2.24, 2.45) is 5.92 Å². The molecule has 9 heteroatoms. The summed E-state index contributed by atoms with van der Waals surface area (Å²) in [4.78, 5) is 16.7. The zero-order chi connectivity index (χ0) is 22.6. The van der Waals surface area contributed by atoms with Gasteiger partial charge >= 0.3 is 0 Å².